The van der Waals surface area contributed by atoms with Crippen molar-refractivity contribution in [3.05, 3.63) is 0 Å². The summed E-state index contributed by atoms with van der Waals surface area (Å²) in [4.78, 5) is 8.39. The summed E-state index contributed by atoms with van der Waals surface area (Å²) >= 11 is 0. The second-order valence-corrected chi connectivity index (χ2v) is 1.31. The Morgan fingerprint density at radius 3 is 2.86 bits per heavy atom. The van der Waals surface area contributed by atoms with Gasteiger partial charge in [-0.25, -0.2) is 4.99 Å². The highest BCUT2D eigenvalue weighted by Crippen LogP contribution is 1.89. The van der Waals surface area contributed by atoms with Crippen LogP contribution in [0.1, 0.15) is 6.92 Å². The molecule has 1 atom stereocenters. The van der Waals surface area contributed by atoms with Crippen LogP contribution in [0.4, 0.5) is 0 Å². The fraction of sp³-hybridized carbons (Fsp3) is 0.667. The molecule has 0 aromatic carbocycles. The number of aliphatic imine (C=N–C) groups is 1. The molecule has 0 aromatic rings. The molecule has 0 aromatic heterocycles. The highest BCUT2D eigenvalue weighted by Gasteiger charge is 2.07. The van der Waals surface area contributed by atoms with E-state index in [9.17, 15) is 0 Å². The quantitative estimate of drug-likeness (QED) is 0.419. The van der Waals surface area contributed by atoms with E-state index in [1.807, 2.05) is 0 Å². The van der Waals surface area contributed by atoms with Crippen molar-refractivity contribution in [2.24, 2.45) is 10.7 Å². The average molecular weight is 101 g/mol. The van der Waals surface area contributed by atoms with Crippen molar-refractivity contribution in [3.63, 3.8) is 0 Å². The molecule has 0 bridgehead atoms. The Labute approximate surface area is 41.3 Å². The van der Waals surface area contributed by atoms with Crippen molar-refractivity contribution >= 4 is 5.90 Å². The van der Waals surface area contributed by atoms with Crippen molar-refractivity contribution in [1.82, 2.24) is 5.48 Å². The van der Waals surface area contributed by atoms with Crippen LogP contribution >= 0.6 is 0 Å². The van der Waals surface area contributed by atoms with Crippen LogP contribution in [0.5, 0.6) is 0 Å². The second-order valence-electron chi connectivity index (χ2n) is 1.31. The van der Waals surface area contributed by atoms with Crippen LogP contribution in [-0.2, 0) is 4.84 Å². The normalized spacial score (nSPS) is 29.4. The van der Waals surface area contributed by atoms with Crippen LogP contribution in [0, 0.1) is 0 Å². The molecule has 3 N–H and O–H groups in total. The molecule has 0 fully saturated rings. The van der Waals surface area contributed by atoms with Crippen LogP contribution in [0.2, 0.25) is 0 Å². The van der Waals surface area contributed by atoms with E-state index < -0.39 is 0 Å². The van der Waals surface area contributed by atoms with Crippen LogP contribution in [-0.4, -0.2) is 12.2 Å². The summed E-state index contributed by atoms with van der Waals surface area (Å²) in [6.07, 6.45) is -0.361. The molecule has 0 spiro atoms. The van der Waals surface area contributed by atoms with E-state index >= 15 is 0 Å². The predicted octanol–water partition coefficient (Wildman–Crippen LogP) is -0.818. The molecule has 1 rings (SSSR count). The van der Waals surface area contributed by atoms with Gasteiger partial charge in [-0.3, -0.25) is 5.73 Å². The molecular formula is C3H7N3O. The fourth-order valence-corrected chi connectivity index (χ4v) is 0.394. The van der Waals surface area contributed by atoms with Gasteiger partial charge in [0.2, 0.25) is 5.90 Å². The van der Waals surface area contributed by atoms with E-state index in [1.165, 1.54) is 0 Å². The number of hydrogen-bond donors (Lipinski definition) is 2. The van der Waals surface area contributed by atoms with Gasteiger partial charge >= 0.3 is 0 Å². The van der Waals surface area contributed by atoms with E-state index in [1.54, 1.807) is 6.92 Å². The highest BCUT2D eigenvalue weighted by molar-refractivity contribution is 5.73. The van der Waals surface area contributed by atoms with Crippen LogP contribution in [0.25, 0.3) is 0 Å². The maximum atomic E-state index is 5.20. The van der Waals surface area contributed by atoms with Crippen molar-refractivity contribution in [3.8, 4) is 0 Å². The number of rotatable bonds is 0. The third-order valence-electron chi connectivity index (χ3n) is 0.648. The van der Waals surface area contributed by atoms with Gasteiger partial charge in [-0.1, -0.05) is 0 Å². The number of nitrogens with zero attached hydrogens (tertiary/aromatic N) is 1. The molecule has 4 heteroatoms. The molecular weight excluding hydrogens is 94.1 g/mol. The summed E-state index contributed by atoms with van der Waals surface area (Å²) in [7, 11) is 0. The van der Waals surface area contributed by atoms with Gasteiger partial charge in [0.15, 0.2) is 6.29 Å². The molecule has 4 nitrogen and oxygen atoms in total. The molecule has 0 radical (unpaired) electrons. The smallest absolute Gasteiger partial charge is 0.209 e. The standard InChI is InChI=1S/C3H7N3O/c1-2-5-3(4)6-7-2/h3,6H,4H2,1H3. The summed E-state index contributed by atoms with van der Waals surface area (Å²) in [5.74, 6) is 0.590. The lowest BCUT2D eigenvalue weighted by Crippen LogP contribution is -2.29. The number of nitrogens with one attached hydrogen (secondary N) is 1. The van der Waals surface area contributed by atoms with Gasteiger partial charge in [-0.05, 0) is 0 Å². The maximum Gasteiger partial charge on any atom is 0.209 e. The van der Waals surface area contributed by atoms with Gasteiger partial charge in [0.05, 0.1) is 0 Å². The summed E-state index contributed by atoms with van der Waals surface area (Å²) in [6.45, 7) is 1.74. The molecule has 0 aliphatic carbocycles. The lowest BCUT2D eigenvalue weighted by Gasteiger charge is -1.93. The number of nitrogens with two attached hydrogens (primary N) is 1. The van der Waals surface area contributed by atoms with E-state index in [2.05, 4.69) is 15.3 Å². The van der Waals surface area contributed by atoms with Gasteiger partial charge in [0, 0.05) is 6.92 Å². The Kier molecular flexibility index (Phi) is 0.958. The Morgan fingerprint density at radius 2 is 2.71 bits per heavy atom. The van der Waals surface area contributed by atoms with Gasteiger partial charge in [-0.2, -0.15) is 0 Å². The van der Waals surface area contributed by atoms with Gasteiger partial charge < -0.3 is 4.84 Å². The second kappa shape index (κ2) is 1.48. The zero-order valence-electron chi connectivity index (χ0n) is 4.01. The molecule has 0 saturated heterocycles. The Morgan fingerprint density at radius 1 is 2.00 bits per heavy atom. The largest absolute Gasteiger partial charge is 0.390 e. The summed E-state index contributed by atoms with van der Waals surface area (Å²) in [5.41, 5.74) is 7.64. The van der Waals surface area contributed by atoms with E-state index in [0.717, 1.165) is 0 Å². The minimum Gasteiger partial charge on any atom is -0.390 e. The zero-order chi connectivity index (χ0) is 5.28. The highest BCUT2D eigenvalue weighted by atomic mass is 16.7. The van der Waals surface area contributed by atoms with Crippen LogP contribution in [0.3, 0.4) is 0 Å². The minimum absolute atomic E-state index is 0.361. The third kappa shape index (κ3) is 0.880. The SMILES string of the molecule is CC1=NC(N)NO1. The lowest BCUT2D eigenvalue weighted by atomic mass is 10.8. The number of hydrogen-bond acceptors (Lipinski definition) is 4. The minimum atomic E-state index is -0.361. The van der Waals surface area contributed by atoms with E-state index in [0.29, 0.717) is 5.90 Å². The fourth-order valence-electron chi connectivity index (χ4n) is 0.394. The van der Waals surface area contributed by atoms with E-state index in [-0.39, 0.29) is 6.29 Å². The van der Waals surface area contributed by atoms with Crippen LogP contribution in [0.15, 0.2) is 4.99 Å². The van der Waals surface area contributed by atoms with Crippen molar-refractivity contribution < 1.29 is 4.84 Å². The Hall–Kier alpha value is -0.610. The number of hydroxylamine groups is 1. The summed E-state index contributed by atoms with van der Waals surface area (Å²) < 4.78 is 0. The third-order valence-corrected chi connectivity index (χ3v) is 0.648. The molecule has 1 aliphatic heterocycles. The molecule has 1 unspecified atom stereocenters. The molecule has 1 aliphatic rings. The van der Waals surface area contributed by atoms with Crippen LogP contribution < -0.4 is 11.2 Å². The molecule has 0 amide bonds. The first kappa shape index (κ1) is 4.55. The first-order valence-corrected chi connectivity index (χ1v) is 2.01. The summed E-state index contributed by atoms with van der Waals surface area (Å²) in [5, 5.41) is 0. The maximum absolute atomic E-state index is 5.20. The zero-order valence-corrected chi connectivity index (χ0v) is 4.01. The summed E-state index contributed by atoms with van der Waals surface area (Å²) in [6, 6.07) is 0. The molecule has 7 heavy (non-hydrogen) atoms. The van der Waals surface area contributed by atoms with Crippen molar-refractivity contribution in [2.75, 3.05) is 0 Å². The first-order chi connectivity index (χ1) is 3.29. The average Bonchev–Trinajstić information content (AvgIpc) is 1.87. The Bertz CT molecular complexity index is 100. The first-order valence-electron chi connectivity index (χ1n) is 2.01. The lowest BCUT2D eigenvalue weighted by molar-refractivity contribution is 0.180. The van der Waals surface area contributed by atoms with Gasteiger partial charge in [-0.15, -0.1) is 5.48 Å². The topological polar surface area (TPSA) is 59.6 Å². The molecule has 1 heterocycles. The predicted molar refractivity (Wildman–Crippen MR) is 25.3 cm³/mol. The Balaban J connectivity index is 2.50. The van der Waals surface area contributed by atoms with Gasteiger partial charge in [0.25, 0.3) is 0 Å². The van der Waals surface area contributed by atoms with E-state index in [4.69, 9.17) is 5.73 Å². The monoisotopic (exact) mass is 101 g/mol. The van der Waals surface area contributed by atoms with Crippen molar-refractivity contribution in [2.45, 2.75) is 13.2 Å². The van der Waals surface area contributed by atoms with Crippen molar-refractivity contribution in [1.29, 1.82) is 0 Å². The van der Waals surface area contributed by atoms with Gasteiger partial charge in [0.1, 0.15) is 0 Å². The molecule has 0 saturated carbocycles. The molecule has 40 valence electrons.